The Balaban J connectivity index is 1.56. The highest BCUT2D eigenvalue weighted by Gasteiger charge is 2.32. The van der Waals surface area contributed by atoms with Gasteiger partial charge >= 0.3 is 0 Å². The van der Waals surface area contributed by atoms with Crippen LogP contribution >= 0.6 is 11.8 Å². The molecule has 0 saturated carbocycles. The summed E-state index contributed by atoms with van der Waals surface area (Å²) in [6, 6.07) is 13.3. The summed E-state index contributed by atoms with van der Waals surface area (Å²) in [4.78, 5) is 34.5. The third kappa shape index (κ3) is 5.72. The van der Waals surface area contributed by atoms with Crippen molar-refractivity contribution in [1.82, 2.24) is 5.32 Å². The van der Waals surface area contributed by atoms with Crippen LogP contribution in [0.1, 0.15) is 17.5 Å². The fourth-order valence-corrected chi connectivity index (χ4v) is 3.39. The van der Waals surface area contributed by atoms with Gasteiger partial charge in [0, 0.05) is 24.2 Å². The molecular formula is C19H17N5O4S. The summed E-state index contributed by atoms with van der Waals surface area (Å²) in [6.07, 6.45) is 1.47. The molecule has 0 aromatic heterocycles. The van der Waals surface area contributed by atoms with Crippen LogP contribution in [-0.4, -0.2) is 33.4 Å². The Morgan fingerprint density at radius 2 is 2.07 bits per heavy atom. The van der Waals surface area contributed by atoms with E-state index in [0.717, 1.165) is 22.9 Å². The molecule has 10 heteroatoms. The van der Waals surface area contributed by atoms with Gasteiger partial charge in [0.1, 0.15) is 5.25 Å². The smallest absolute Gasteiger partial charge is 0.271 e. The SMILES string of the molecule is Cc1ccc(C=NN=C2NC(=O)C(CC(=O)Nc3cccc([N+](=O)[O-])c3)S2)cc1. The Labute approximate surface area is 170 Å². The third-order valence-corrected chi connectivity index (χ3v) is 4.99. The van der Waals surface area contributed by atoms with Gasteiger partial charge in [-0.1, -0.05) is 47.7 Å². The maximum absolute atomic E-state index is 12.2. The standard InChI is InChI=1S/C19H17N5O4S/c1-12-5-7-13(8-6-12)11-20-23-19-22-18(26)16(29-19)10-17(25)21-14-3-2-4-15(9-14)24(27)28/h2-9,11,16H,10H2,1H3,(H,21,25)(H,22,23,26). The fourth-order valence-electron chi connectivity index (χ4n) is 2.46. The molecule has 1 atom stereocenters. The summed E-state index contributed by atoms with van der Waals surface area (Å²) < 4.78 is 0. The Bertz CT molecular complexity index is 1000. The predicted molar refractivity (Wildman–Crippen MR) is 112 cm³/mol. The molecule has 9 nitrogen and oxygen atoms in total. The first kappa shape index (κ1) is 20.2. The number of hydrogen-bond acceptors (Lipinski definition) is 7. The zero-order chi connectivity index (χ0) is 20.8. The molecule has 0 radical (unpaired) electrons. The number of amidine groups is 1. The van der Waals surface area contributed by atoms with E-state index in [1.54, 1.807) is 12.3 Å². The van der Waals surface area contributed by atoms with Crippen LogP contribution in [0.2, 0.25) is 0 Å². The van der Waals surface area contributed by atoms with Gasteiger partial charge in [-0.3, -0.25) is 19.7 Å². The number of nitrogens with one attached hydrogen (secondary N) is 2. The minimum absolute atomic E-state index is 0.0973. The van der Waals surface area contributed by atoms with Crippen molar-refractivity contribution in [3.8, 4) is 0 Å². The van der Waals surface area contributed by atoms with Crippen molar-refractivity contribution in [3.63, 3.8) is 0 Å². The zero-order valence-electron chi connectivity index (χ0n) is 15.4. The summed E-state index contributed by atoms with van der Waals surface area (Å²) in [5.41, 5.74) is 2.18. The molecule has 1 saturated heterocycles. The summed E-state index contributed by atoms with van der Waals surface area (Å²) in [7, 11) is 0. The highest BCUT2D eigenvalue weighted by molar-refractivity contribution is 8.15. The van der Waals surface area contributed by atoms with Gasteiger partial charge in [-0.05, 0) is 18.6 Å². The molecule has 148 valence electrons. The number of nitro groups is 1. The van der Waals surface area contributed by atoms with E-state index in [-0.39, 0.29) is 18.0 Å². The molecule has 29 heavy (non-hydrogen) atoms. The van der Waals surface area contributed by atoms with Crippen LogP contribution in [0.15, 0.2) is 58.7 Å². The van der Waals surface area contributed by atoms with Gasteiger partial charge in [-0.2, -0.15) is 5.10 Å². The molecule has 2 aromatic carbocycles. The predicted octanol–water partition coefficient (Wildman–Crippen LogP) is 2.85. The van der Waals surface area contributed by atoms with Gasteiger partial charge in [-0.15, -0.1) is 5.10 Å². The van der Waals surface area contributed by atoms with Gasteiger partial charge in [0.05, 0.1) is 11.1 Å². The molecule has 0 bridgehead atoms. The zero-order valence-corrected chi connectivity index (χ0v) is 16.2. The number of non-ortho nitro benzene ring substituents is 1. The lowest BCUT2D eigenvalue weighted by Gasteiger charge is -2.07. The van der Waals surface area contributed by atoms with E-state index in [0.29, 0.717) is 10.9 Å². The van der Waals surface area contributed by atoms with E-state index in [1.165, 1.54) is 18.2 Å². The van der Waals surface area contributed by atoms with Crippen LogP contribution in [-0.2, 0) is 9.59 Å². The number of rotatable bonds is 6. The van der Waals surface area contributed by atoms with Crippen molar-refractivity contribution in [2.45, 2.75) is 18.6 Å². The van der Waals surface area contributed by atoms with Crippen LogP contribution in [0.3, 0.4) is 0 Å². The average Bonchev–Trinajstić information content (AvgIpc) is 3.02. The lowest BCUT2D eigenvalue weighted by atomic mass is 10.2. The number of nitrogens with zero attached hydrogens (tertiary/aromatic N) is 3. The third-order valence-electron chi connectivity index (χ3n) is 3.92. The van der Waals surface area contributed by atoms with E-state index in [9.17, 15) is 19.7 Å². The van der Waals surface area contributed by atoms with Gasteiger partial charge < -0.3 is 10.6 Å². The summed E-state index contributed by atoms with van der Waals surface area (Å²) >= 11 is 1.11. The molecule has 2 amide bonds. The maximum atomic E-state index is 12.2. The van der Waals surface area contributed by atoms with Gasteiger partial charge in [0.2, 0.25) is 11.8 Å². The summed E-state index contributed by atoms with van der Waals surface area (Å²) in [5, 5.41) is 23.5. The van der Waals surface area contributed by atoms with Crippen molar-refractivity contribution in [2.24, 2.45) is 10.2 Å². The Morgan fingerprint density at radius 1 is 1.31 bits per heavy atom. The van der Waals surface area contributed by atoms with Crippen molar-refractivity contribution >= 4 is 46.3 Å². The summed E-state index contributed by atoms with van der Waals surface area (Å²) in [5.74, 6) is -0.768. The van der Waals surface area contributed by atoms with E-state index in [1.807, 2.05) is 31.2 Å². The van der Waals surface area contributed by atoms with Crippen molar-refractivity contribution in [1.29, 1.82) is 0 Å². The van der Waals surface area contributed by atoms with Crippen molar-refractivity contribution in [2.75, 3.05) is 5.32 Å². The van der Waals surface area contributed by atoms with Gasteiger partial charge in [0.25, 0.3) is 5.69 Å². The number of amides is 2. The molecule has 2 N–H and O–H groups in total. The second-order valence-electron chi connectivity index (χ2n) is 6.22. The monoisotopic (exact) mass is 411 g/mol. The molecule has 0 aliphatic carbocycles. The maximum Gasteiger partial charge on any atom is 0.271 e. The van der Waals surface area contributed by atoms with E-state index >= 15 is 0 Å². The van der Waals surface area contributed by atoms with Crippen LogP contribution in [0.25, 0.3) is 0 Å². The molecule has 1 unspecified atom stereocenters. The Hall–Kier alpha value is -3.53. The van der Waals surface area contributed by atoms with E-state index in [2.05, 4.69) is 20.8 Å². The number of hydrogen-bond donors (Lipinski definition) is 2. The van der Waals surface area contributed by atoms with Gasteiger partial charge in [0.15, 0.2) is 5.17 Å². The minimum Gasteiger partial charge on any atom is -0.326 e. The lowest BCUT2D eigenvalue weighted by molar-refractivity contribution is -0.384. The molecule has 1 aliphatic rings. The van der Waals surface area contributed by atoms with Gasteiger partial charge in [-0.25, -0.2) is 0 Å². The second-order valence-corrected chi connectivity index (χ2v) is 7.41. The number of thioether (sulfide) groups is 1. The highest BCUT2D eigenvalue weighted by Crippen LogP contribution is 2.24. The number of aryl methyl sites for hydroxylation is 1. The molecule has 0 spiro atoms. The normalized spacial score (nSPS) is 17.5. The highest BCUT2D eigenvalue weighted by atomic mass is 32.2. The van der Waals surface area contributed by atoms with Crippen LogP contribution in [0.4, 0.5) is 11.4 Å². The van der Waals surface area contributed by atoms with E-state index in [4.69, 9.17) is 0 Å². The second kappa shape index (κ2) is 9.11. The summed E-state index contributed by atoms with van der Waals surface area (Å²) in [6.45, 7) is 1.99. The number of benzene rings is 2. The first-order valence-electron chi connectivity index (χ1n) is 8.60. The largest absolute Gasteiger partial charge is 0.326 e. The first-order valence-corrected chi connectivity index (χ1v) is 9.48. The molecule has 1 fully saturated rings. The first-order chi connectivity index (χ1) is 13.9. The minimum atomic E-state index is -0.651. The molecule has 1 heterocycles. The molecule has 2 aromatic rings. The van der Waals surface area contributed by atoms with Crippen LogP contribution in [0, 0.1) is 17.0 Å². The van der Waals surface area contributed by atoms with Crippen LogP contribution < -0.4 is 10.6 Å². The van der Waals surface area contributed by atoms with Crippen molar-refractivity contribution in [3.05, 3.63) is 69.8 Å². The van der Waals surface area contributed by atoms with E-state index < -0.39 is 16.1 Å². The molecule has 3 rings (SSSR count). The Kier molecular flexibility index (Phi) is 6.35. The number of carbonyl (C=O) groups is 2. The van der Waals surface area contributed by atoms with Crippen molar-refractivity contribution < 1.29 is 14.5 Å². The Morgan fingerprint density at radius 3 is 2.79 bits per heavy atom. The number of anilines is 1. The number of nitro benzene ring substituents is 1. The molecular weight excluding hydrogens is 394 g/mol. The quantitative estimate of drug-likeness (QED) is 0.429. The van der Waals surface area contributed by atoms with Crippen LogP contribution in [0.5, 0.6) is 0 Å². The average molecular weight is 411 g/mol. The number of carbonyl (C=O) groups excluding carboxylic acids is 2. The fraction of sp³-hybridized carbons (Fsp3) is 0.158. The topological polar surface area (TPSA) is 126 Å². The molecule has 1 aliphatic heterocycles. The lowest BCUT2D eigenvalue weighted by Crippen LogP contribution is -2.28.